The standard InChI is InChI=1S/C25H45N5O5S/c1-14(2)18-13-30(29-28-18)12-6-7-16-8-9-17(26-11-10-16)24(34)27-19(15(3)4)23-21(32)20(31)22(33)25(35-23)36-5/h13-17,19-23,25-26,31-33H,6-12H2,1-5H3,(H,27,34)/t16-,17-,19+,20-,21+,22+,23+,25+/m0/s1. The molecule has 0 aromatic carbocycles. The highest BCUT2D eigenvalue weighted by Crippen LogP contribution is 2.30. The van der Waals surface area contributed by atoms with Crippen molar-refractivity contribution in [3.05, 3.63) is 11.9 Å². The number of ether oxygens (including phenoxy) is 1. The van der Waals surface area contributed by atoms with E-state index in [1.54, 1.807) is 6.26 Å². The molecule has 1 aromatic heterocycles. The fourth-order valence-electron chi connectivity index (χ4n) is 5.11. The Morgan fingerprint density at radius 2 is 1.94 bits per heavy atom. The number of aromatic nitrogens is 3. The predicted octanol–water partition coefficient (Wildman–Crippen LogP) is 1.25. The fourth-order valence-corrected chi connectivity index (χ4v) is 5.79. The molecular formula is C25H45N5O5S. The van der Waals surface area contributed by atoms with Gasteiger partial charge in [-0.3, -0.25) is 9.48 Å². The maximum atomic E-state index is 13.2. The van der Waals surface area contributed by atoms with Gasteiger partial charge in [-0.15, -0.1) is 16.9 Å². The highest BCUT2D eigenvalue weighted by molar-refractivity contribution is 7.99. The average Bonchev–Trinajstić information content (AvgIpc) is 3.19. The lowest BCUT2D eigenvalue weighted by atomic mass is 9.88. The average molecular weight is 528 g/mol. The summed E-state index contributed by atoms with van der Waals surface area (Å²) in [7, 11) is 0. The van der Waals surface area contributed by atoms with Crippen LogP contribution in [0.25, 0.3) is 0 Å². The Labute approximate surface area is 218 Å². The predicted molar refractivity (Wildman–Crippen MR) is 139 cm³/mol. The normalized spacial score (nSPS) is 32.4. The van der Waals surface area contributed by atoms with Crippen LogP contribution in [-0.2, 0) is 16.1 Å². The van der Waals surface area contributed by atoms with Crippen LogP contribution in [0.5, 0.6) is 0 Å². The van der Waals surface area contributed by atoms with Crippen molar-refractivity contribution in [2.24, 2.45) is 11.8 Å². The van der Waals surface area contributed by atoms with Gasteiger partial charge in [0, 0.05) is 12.7 Å². The van der Waals surface area contributed by atoms with Crippen LogP contribution >= 0.6 is 11.8 Å². The van der Waals surface area contributed by atoms with E-state index in [9.17, 15) is 20.1 Å². The van der Waals surface area contributed by atoms with Crippen molar-refractivity contribution in [2.45, 2.75) is 114 Å². The van der Waals surface area contributed by atoms with E-state index in [1.807, 2.05) is 24.7 Å². The summed E-state index contributed by atoms with van der Waals surface area (Å²) in [5.74, 6) is 0.772. The monoisotopic (exact) mass is 527 g/mol. The molecule has 2 aliphatic rings. The molecule has 11 heteroatoms. The summed E-state index contributed by atoms with van der Waals surface area (Å²) < 4.78 is 7.86. The lowest BCUT2D eigenvalue weighted by Gasteiger charge is -2.44. The number of aryl methyl sites for hydroxylation is 1. The Bertz CT molecular complexity index is 823. The van der Waals surface area contributed by atoms with E-state index in [0.717, 1.165) is 50.9 Å². The van der Waals surface area contributed by atoms with Crippen molar-refractivity contribution >= 4 is 17.7 Å². The second-order valence-corrected chi connectivity index (χ2v) is 11.8. The molecule has 5 N–H and O–H groups in total. The van der Waals surface area contributed by atoms with Crippen molar-refractivity contribution in [3.63, 3.8) is 0 Å². The highest BCUT2D eigenvalue weighted by Gasteiger charge is 2.47. The summed E-state index contributed by atoms with van der Waals surface area (Å²) in [6, 6.07) is -0.809. The molecule has 2 fully saturated rings. The molecule has 0 saturated carbocycles. The van der Waals surface area contributed by atoms with Crippen LogP contribution in [0.4, 0.5) is 0 Å². The van der Waals surface area contributed by atoms with Crippen LogP contribution in [0.2, 0.25) is 0 Å². The third kappa shape index (κ3) is 7.41. The van der Waals surface area contributed by atoms with Crippen LogP contribution in [-0.4, -0.2) is 91.0 Å². The van der Waals surface area contributed by atoms with Gasteiger partial charge < -0.3 is 30.7 Å². The van der Waals surface area contributed by atoms with Gasteiger partial charge in [-0.1, -0.05) is 32.9 Å². The van der Waals surface area contributed by atoms with Gasteiger partial charge in [-0.25, -0.2) is 0 Å². The molecule has 2 aliphatic heterocycles. The van der Waals surface area contributed by atoms with Gasteiger partial charge in [0.05, 0.1) is 17.8 Å². The maximum absolute atomic E-state index is 13.2. The number of rotatable bonds is 10. The van der Waals surface area contributed by atoms with Crippen LogP contribution in [0, 0.1) is 11.8 Å². The van der Waals surface area contributed by atoms with E-state index in [0.29, 0.717) is 11.8 Å². The molecule has 3 heterocycles. The molecule has 1 amide bonds. The molecule has 10 nitrogen and oxygen atoms in total. The molecular weight excluding hydrogens is 482 g/mol. The Morgan fingerprint density at radius 1 is 1.19 bits per heavy atom. The highest BCUT2D eigenvalue weighted by atomic mass is 32.2. The molecule has 0 spiro atoms. The number of aliphatic hydroxyl groups excluding tert-OH is 3. The number of aliphatic hydroxyl groups is 3. The minimum Gasteiger partial charge on any atom is -0.388 e. The largest absolute Gasteiger partial charge is 0.388 e. The van der Waals surface area contributed by atoms with Crippen molar-refractivity contribution in [1.29, 1.82) is 0 Å². The molecule has 0 radical (unpaired) electrons. The number of carbonyl (C=O) groups excluding carboxylic acids is 1. The third-order valence-electron chi connectivity index (χ3n) is 7.49. The van der Waals surface area contributed by atoms with Crippen molar-refractivity contribution in [1.82, 2.24) is 25.6 Å². The number of thioether (sulfide) groups is 1. The number of hydrogen-bond acceptors (Lipinski definition) is 9. The summed E-state index contributed by atoms with van der Waals surface area (Å²) in [5.41, 5.74) is 0.348. The SMILES string of the molecule is CS[C@H]1O[C@H]([C@H](NC(=O)[C@@H]2CC[C@H](CCCn3cc(C(C)C)nn3)CCN2)C(C)C)[C@H](O)[C@H](O)[C@H]1O. The van der Waals surface area contributed by atoms with Gasteiger partial charge in [-0.2, -0.15) is 0 Å². The molecule has 0 aliphatic carbocycles. The second-order valence-electron chi connectivity index (χ2n) is 10.9. The minimum atomic E-state index is -1.33. The van der Waals surface area contributed by atoms with Crippen molar-refractivity contribution in [2.75, 3.05) is 12.8 Å². The topological polar surface area (TPSA) is 142 Å². The molecule has 8 atom stereocenters. The van der Waals surface area contributed by atoms with Crippen molar-refractivity contribution in [3.8, 4) is 0 Å². The lowest BCUT2D eigenvalue weighted by Crippen LogP contribution is -2.64. The van der Waals surface area contributed by atoms with E-state index < -0.39 is 35.9 Å². The number of nitrogens with zero attached hydrogens (tertiary/aromatic N) is 3. The lowest BCUT2D eigenvalue weighted by molar-refractivity contribution is -0.208. The zero-order valence-electron chi connectivity index (χ0n) is 22.2. The zero-order valence-corrected chi connectivity index (χ0v) is 23.0. The van der Waals surface area contributed by atoms with Crippen LogP contribution in [0.1, 0.15) is 71.4 Å². The molecule has 206 valence electrons. The molecule has 2 saturated heterocycles. The van der Waals surface area contributed by atoms with Gasteiger partial charge >= 0.3 is 0 Å². The summed E-state index contributed by atoms with van der Waals surface area (Å²) in [4.78, 5) is 13.2. The number of carbonyl (C=O) groups is 1. The molecule has 0 unspecified atom stereocenters. The first kappa shape index (κ1) is 29.3. The van der Waals surface area contributed by atoms with Gasteiger partial charge in [0.15, 0.2) is 0 Å². The number of nitrogens with one attached hydrogen (secondary N) is 2. The molecule has 1 aromatic rings. The maximum Gasteiger partial charge on any atom is 0.237 e. The summed E-state index contributed by atoms with van der Waals surface area (Å²) >= 11 is 1.27. The Balaban J connectivity index is 1.51. The fraction of sp³-hybridized carbons (Fsp3) is 0.880. The summed E-state index contributed by atoms with van der Waals surface area (Å²) in [5, 5.41) is 46.0. The number of amides is 1. The molecule has 3 rings (SSSR count). The molecule has 36 heavy (non-hydrogen) atoms. The van der Waals surface area contributed by atoms with Gasteiger partial charge in [0.2, 0.25) is 5.91 Å². The van der Waals surface area contributed by atoms with E-state index >= 15 is 0 Å². The Hall–Kier alpha value is -1.24. The third-order valence-corrected chi connectivity index (χ3v) is 8.35. The quantitative estimate of drug-likeness (QED) is 0.304. The smallest absolute Gasteiger partial charge is 0.237 e. The zero-order chi connectivity index (χ0) is 26.4. The first-order valence-corrected chi connectivity index (χ1v) is 14.6. The first-order chi connectivity index (χ1) is 17.1. The molecule has 0 bridgehead atoms. The van der Waals surface area contributed by atoms with Crippen LogP contribution < -0.4 is 10.6 Å². The number of hydrogen-bond donors (Lipinski definition) is 5. The summed E-state index contributed by atoms with van der Waals surface area (Å²) in [6.45, 7) is 9.75. The first-order valence-electron chi connectivity index (χ1n) is 13.3. The van der Waals surface area contributed by atoms with Gasteiger partial charge in [-0.05, 0) is 62.7 Å². The van der Waals surface area contributed by atoms with Gasteiger partial charge in [0.1, 0.15) is 29.9 Å². The van der Waals surface area contributed by atoms with E-state index in [2.05, 4.69) is 34.8 Å². The summed E-state index contributed by atoms with van der Waals surface area (Å²) in [6.07, 6.45) is 4.04. The van der Waals surface area contributed by atoms with Crippen LogP contribution in [0.15, 0.2) is 6.20 Å². The van der Waals surface area contributed by atoms with E-state index in [-0.39, 0.29) is 17.9 Å². The minimum absolute atomic E-state index is 0.0370. The van der Waals surface area contributed by atoms with E-state index in [1.165, 1.54) is 11.8 Å². The Morgan fingerprint density at radius 3 is 2.58 bits per heavy atom. The van der Waals surface area contributed by atoms with E-state index in [4.69, 9.17) is 4.74 Å². The van der Waals surface area contributed by atoms with Gasteiger partial charge in [0.25, 0.3) is 0 Å². The second kappa shape index (κ2) is 13.5. The Kier molecular flexibility index (Phi) is 11.0. The van der Waals surface area contributed by atoms with Crippen molar-refractivity contribution < 1.29 is 24.9 Å². The van der Waals surface area contributed by atoms with Crippen LogP contribution in [0.3, 0.4) is 0 Å².